The predicted octanol–water partition coefficient (Wildman–Crippen LogP) is 12.9. The zero-order valence-corrected chi connectivity index (χ0v) is 30.3. The summed E-state index contributed by atoms with van der Waals surface area (Å²) in [5, 5.41) is 4.36. The van der Waals surface area contributed by atoms with Crippen molar-refractivity contribution in [2.45, 2.75) is 25.7 Å². The molecule has 11 rings (SSSR count). The molecule has 3 heterocycles. The van der Waals surface area contributed by atoms with Gasteiger partial charge in [0.15, 0.2) is 0 Å². The number of para-hydroxylation sites is 1. The van der Waals surface area contributed by atoms with Crippen molar-refractivity contribution in [1.29, 1.82) is 0 Å². The number of benzene rings is 5. The molecule has 55 heavy (non-hydrogen) atoms. The van der Waals surface area contributed by atoms with Gasteiger partial charge in [-0.3, -0.25) is 0 Å². The minimum absolute atomic E-state index is 0.130. The zero-order valence-electron chi connectivity index (χ0n) is 30.3. The lowest BCUT2D eigenvalue weighted by Crippen LogP contribution is -2.05. The van der Waals surface area contributed by atoms with Gasteiger partial charge in [0.05, 0.1) is 22.1 Å². The fourth-order valence-electron chi connectivity index (χ4n) is 8.62. The van der Waals surface area contributed by atoms with E-state index in [-0.39, 0.29) is 5.92 Å². The van der Waals surface area contributed by atoms with Gasteiger partial charge in [-0.1, -0.05) is 116 Å². The second-order valence-electron chi connectivity index (χ2n) is 14.8. The van der Waals surface area contributed by atoms with Gasteiger partial charge in [0.25, 0.3) is 0 Å². The quantitative estimate of drug-likeness (QED) is 0.179. The number of aromatic nitrogens is 3. The molecule has 0 spiro atoms. The van der Waals surface area contributed by atoms with Crippen molar-refractivity contribution < 1.29 is 4.42 Å². The Kier molecular flexibility index (Phi) is 7.22. The van der Waals surface area contributed by atoms with Crippen LogP contribution in [-0.4, -0.2) is 14.5 Å². The fraction of sp³-hybridized carbons (Fsp3) is 0.0980. The molecular formula is C51H35N3O. The Hall–Kier alpha value is -6.96. The van der Waals surface area contributed by atoms with Gasteiger partial charge in [-0.2, -0.15) is 0 Å². The summed E-state index contributed by atoms with van der Waals surface area (Å²) in [6.45, 7) is 2.30. The van der Waals surface area contributed by atoms with Crippen LogP contribution in [0.4, 0.5) is 0 Å². The summed E-state index contributed by atoms with van der Waals surface area (Å²) in [7, 11) is 0. The number of nitrogens with zero attached hydrogens (tertiary/aromatic N) is 3. The van der Waals surface area contributed by atoms with Crippen LogP contribution in [0, 0.1) is 18.1 Å². The lowest BCUT2D eigenvalue weighted by Gasteiger charge is -2.16. The van der Waals surface area contributed by atoms with Crippen LogP contribution in [-0.2, 0) is 6.42 Å². The summed E-state index contributed by atoms with van der Waals surface area (Å²) in [4.78, 5) is 10.5. The van der Waals surface area contributed by atoms with Gasteiger partial charge in [-0.05, 0) is 107 Å². The first-order chi connectivity index (χ1) is 27.2. The third kappa shape index (κ3) is 5.23. The van der Waals surface area contributed by atoms with Crippen molar-refractivity contribution in [3.8, 4) is 39.2 Å². The Bertz CT molecular complexity index is 3050. The van der Waals surface area contributed by atoms with E-state index in [0.717, 1.165) is 79.5 Å². The van der Waals surface area contributed by atoms with Crippen molar-refractivity contribution in [2.24, 2.45) is 5.92 Å². The number of fused-ring (bicyclic) bond motifs is 7. The SMILES string of the molecule is CC1C=Cc2c(c3cc(-c4ccc5nc(C6C=CC=CC6)nc(-c6ccc(-c7cccc8oc9ccc#cc9c78)cc6)c5c4)ccc3n2-c2ccccc2)C1. The molecule has 9 aromatic rings. The number of rotatable bonds is 5. The standard InChI is InChI=1S/C51H35N3O/c1-32-19-27-45-41(29-32)42-30-37(25-28-46(42)54(45)38-13-6-3-7-14-38)36-24-26-44-43(31-36)50(53-51(52-44)35-11-4-2-5-12-35)34-22-20-33(21-23-34)39-16-10-18-48-49(39)40-15-8-9-17-47(40)55-48/h2-7,9-11,13-14,16-28,30-32,35H,12,29H2,1H3. The monoisotopic (exact) mass is 705 g/mol. The van der Waals surface area contributed by atoms with Crippen molar-refractivity contribution in [2.75, 3.05) is 0 Å². The van der Waals surface area contributed by atoms with Crippen molar-refractivity contribution in [3.63, 3.8) is 0 Å². The van der Waals surface area contributed by atoms with E-state index in [4.69, 9.17) is 14.4 Å². The average Bonchev–Trinajstić information content (AvgIpc) is 3.79. The minimum atomic E-state index is 0.130. The molecule has 0 amide bonds. The van der Waals surface area contributed by atoms with E-state index in [2.05, 4.69) is 163 Å². The van der Waals surface area contributed by atoms with Crippen LogP contribution < -0.4 is 0 Å². The van der Waals surface area contributed by atoms with E-state index in [1.165, 1.54) is 33.4 Å². The van der Waals surface area contributed by atoms with Crippen LogP contribution in [0.5, 0.6) is 0 Å². The highest BCUT2D eigenvalue weighted by Crippen LogP contribution is 2.40. The van der Waals surface area contributed by atoms with E-state index in [1.807, 2.05) is 18.2 Å². The normalized spacial score (nSPS) is 16.3. The highest BCUT2D eigenvalue weighted by atomic mass is 16.3. The van der Waals surface area contributed by atoms with E-state index in [9.17, 15) is 0 Å². The van der Waals surface area contributed by atoms with Crippen LogP contribution in [0.3, 0.4) is 0 Å². The van der Waals surface area contributed by atoms with Crippen molar-refractivity contribution in [3.05, 3.63) is 181 Å². The van der Waals surface area contributed by atoms with Gasteiger partial charge in [-0.15, -0.1) is 0 Å². The van der Waals surface area contributed by atoms with E-state index >= 15 is 0 Å². The summed E-state index contributed by atoms with van der Waals surface area (Å²) < 4.78 is 8.58. The van der Waals surface area contributed by atoms with Crippen LogP contribution >= 0.6 is 0 Å². The molecule has 0 saturated carbocycles. The highest BCUT2D eigenvalue weighted by Gasteiger charge is 2.23. The lowest BCUT2D eigenvalue weighted by atomic mass is 9.92. The smallest absolute Gasteiger partial charge is 0.144 e. The Morgan fingerprint density at radius 1 is 0.727 bits per heavy atom. The van der Waals surface area contributed by atoms with Gasteiger partial charge in [0, 0.05) is 39.0 Å². The Morgan fingerprint density at radius 2 is 1.55 bits per heavy atom. The second-order valence-corrected chi connectivity index (χ2v) is 14.8. The number of hydrogen-bond donors (Lipinski definition) is 0. The van der Waals surface area contributed by atoms with E-state index in [1.54, 1.807) is 0 Å². The number of allylic oxidation sites excluding steroid dienone is 5. The minimum Gasteiger partial charge on any atom is -0.455 e. The summed E-state index contributed by atoms with van der Waals surface area (Å²) in [5.74, 6) is 1.47. The first-order valence-corrected chi connectivity index (χ1v) is 19.1. The molecule has 2 aliphatic rings. The summed E-state index contributed by atoms with van der Waals surface area (Å²) in [6, 6.07) is 49.5. The van der Waals surface area contributed by atoms with Gasteiger partial charge < -0.3 is 8.98 Å². The number of hydrogen-bond acceptors (Lipinski definition) is 3. The molecule has 4 heteroatoms. The molecule has 6 aromatic carbocycles. The third-order valence-electron chi connectivity index (χ3n) is 11.3. The maximum absolute atomic E-state index is 6.17. The Labute approximate surface area is 319 Å². The van der Waals surface area contributed by atoms with Gasteiger partial charge >= 0.3 is 0 Å². The molecule has 0 bridgehead atoms. The molecule has 0 fully saturated rings. The Balaban J connectivity index is 1.05. The zero-order chi connectivity index (χ0) is 36.5. The van der Waals surface area contributed by atoms with Gasteiger partial charge in [0.1, 0.15) is 17.0 Å². The van der Waals surface area contributed by atoms with Gasteiger partial charge in [0.2, 0.25) is 0 Å². The molecule has 2 atom stereocenters. The third-order valence-corrected chi connectivity index (χ3v) is 11.3. The molecule has 2 aliphatic carbocycles. The van der Waals surface area contributed by atoms with Crippen LogP contribution in [0.2, 0.25) is 0 Å². The maximum atomic E-state index is 6.17. The molecule has 0 saturated heterocycles. The average molecular weight is 706 g/mol. The molecule has 4 nitrogen and oxygen atoms in total. The fourth-order valence-corrected chi connectivity index (χ4v) is 8.62. The molecular weight excluding hydrogens is 671 g/mol. The van der Waals surface area contributed by atoms with Crippen molar-refractivity contribution in [1.82, 2.24) is 14.5 Å². The second kappa shape index (κ2) is 12.6. The molecule has 3 aromatic heterocycles. The molecule has 0 N–H and O–H groups in total. The molecule has 0 aliphatic heterocycles. The molecule has 2 unspecified atom stereocenters. The summed E-state index contributed by atoms with van der Waals surface area (Å²) in [6.07, 6.45) is 15.2. The lowest BCUT2D eigenvalue weighted by molar-refractivity contribution is 0.669. The van der Waals surface area contributed by atoms with Crippen molar-refractivity contribution >= 4 is 49.8 Å². The van der Waals surface area contributed by atoms with Crippen LogP contribution in [0.15, 0.2) is 156 Å². The topological polar surface area (TPSA) is 43.9 Å². The highest BCUT2D eigenvalue weighted by molar-refractivity contribution is 6.11. The first kappa shape index (κ1) is 31.6. The number of furan rings is 1. The summed E-state index contributed by atoms with van der Waals surface area (Å²) in [5.41, 5.74) is 14.3. The van der Waals surface area contributed by atoms with E-state index < -0.39 is 0 Å². The Morgan fingerprint density at radius 3 is 2.40 bits per heavy atom. The van der Waals surface area contributed by atoms with Crippen LogP contribution in [0.25, 0.3) is 89.0 Å². The maximum Gasteiger partial charge on any atom is 0.144 e. The first-order valence-electron chi connectivity index (χ1n) is 19.1. The molecule has 0 radical (unpaired) electrons. The van der Waals surface area contributed by atoms with Gasteiger partial charge in [-0.25, -0.2) is 9.97 Å². The molecule has 260 valence electrons. The van der Waals surface area contributed by atoms with Crippen LogP contribution in [0.1, 0.15) is 36.3 Å². The largest absolute Gasteiger partial charge is 0.455 e. The van der Waals surface area contributed by atoms with E-state index in [0.29, 0.717) is 5.92 Å². The predicted molar refractivity (Wildman–Crippen MR) is 225 cm³/mol. The summed E-state index contributed by atoms with van der Waals surface area (Å²) >= 11 is 0.